The number of benzene rings is 2. The number of rotatable bonds is 7. The van der Waals surface area contributed by atoms with Gasteiger partial charge < -0.3 is 19.0 Å². The van der Waals surface area contributed by atoms with Gasteiger partial charge in [0.05, 0.1) is 35.5 Å². The van der Waals surface area contributed by atoms with Crippen LogP contribution in [0.4, 0.5) is 5.13 Å². The topological polar surface area (TPSA) is 115 Å². The van der Waals surface area contributed by atoms with Crippen LogP contribution in [0.1, 0.15) is 29.1 Å². The number of aliphatic hydroxyl groups is 1. The number of aliphatic hydroxyl groups excluding tert-OH is 1. The summed E-state index contributed by atoms with van der Waals surface area (Å²) in [6, 6.07) is 14.8. The van der Waals surface area contributed by atoms with Gasteiger partial charge in [-0.1, -0.05) is 29.5 Å². The van der Waals surface area contributed by atoms with Crippen LogP contribution < -0.4 is 14.4 Å². The molecule has 1 aliphatic heterocycles. The molecule has 3 aromatic heterocycles. The summed E-state index contributed by atoms with van der Waals surface area (Å²) in [7, 11) is 1.51. The number of methoxy groups -OCH3 is 1. The molecule has 38 heavy (non-hydrogen) atoms. The third kappa shape index (κ3) is 3.77. The number of para-hydroxylation sites is 1. The van der Waals surface area contributed by atoms with Crippen LogP contribution in [-0.4, -0.2) is 40.5 Å². The van der Waals surface area contributed by atoms with E-state index in [1.54, 1.807) is 60.9 Å². The van der Waals surface area contributed by atoms with Crippen molar-refractivity contribution in [3.05, 3.63) is 89.6 Å². The van der Waals surface area contributed by atoms with Gasteiger partial charge in [0.15, 0.2) is 28.0 Å². The number of carbonyl (C=O) groups is 2. The lowest BCUT2D eigenvalue weighted by Crippen LogP contribution is -2.31. The van der Waals surface area contributed by atoms with Crippen molar-refractivity contribution in [2.24, 2.45) is 0 Å². The van der Waals surface area contributed by atoms with Crippen molar-refractivity contribution in [3.8, 4) is 11.5 Å². The summed E-state index contributed by atoms with van der Waals surface area (Å²) < 4.78 is 17.6. The second-order valence-corrected chi connectivity index (χ2v) is 9.51. The molecule has 10 heteroatoms. The summed E-state index contributed by atoms with van der Waals surface area (Å²) in [5, 5.41) is 12.0. The van der Waals surface area contributed by atoms with Gasteiger partial charge in [-0.25, -0.2) is 4.98 Å². The molecule has 0 bridgehead atoms. The Kier molecular flexibility index (Phi) is 5.80. The van der Waals surface area contributed by atoms with Gasteiger partial charge in [0.1, 0.15) is 5.75 Å². The Morgan fingerprint density at radius 2 is 2.05 bits per heavy atom. The number of hydrogen-bond donors (Lipinski definition) is 1. The molecule has 5 aromatic rings. The third-order valence-corrected chi connectivity index (χ3v) is 7.29. The number of ketones is 1. The first kappa shape index (κ1) is 23.7. The number of hydrogen-bond acceptors (Lipinski definition) is 9. The first-order chi connectivity index (χ1) is 18.5. The third-order valence-electron chi connectivity index (χ3n) is 6.27. The fraction of sp³-hybridized carbons (Fsp3) is 0.143. The van der Waals surface area contributed by atoms with Gasteiger partial charge in [0, 0.05) is 17.8 Å². The summed E-state index contributed by atoms with van der Waals surface area (Å²) in [4.78, 5) is 37.5. The molecule has 2 aromatic carbocycles. The molecule has 1 atom stereocenters. The summed E-state index contributed by atoms with van der Waals surface area (Å²) in [6.45, 7) is 2.41. The van der Waals surface area contributed by atoms with E-state index in [0.717, 1.165) is 4.70 Å². The normalized spacial score (nSPS) is 15.6. The van der Waals surface area contributed by atoms with E-state index >= 15 is 0 Å². The molecule has 1 amide bonds. The number of anilines is 1. The Bertz CT molecular complexity index is 1740. The predicted octanol–water partition coefficient (Wildman–Crippen LogP) is 5.63. The number of amides is 1. The average Bonchev–Trinajstić information content (AvgIpc) is 3.63. The molecule has 0 saturated carbocycles. The molecule has 1 N–H and O–H groups in total. The molecular formula is C28H21N3O6S. The van der Waals surface area contributed by atoms with Crippen LogP contribution in [0.15, 0.2) is 82.7 Å². The maximum Gasteiger partial charge on any atom is 0.296 e. The van der Waals surface area contributed by atoms with Crippen molar-refractivity contribution < 1.29 is 28.6 Å². The molecule has 0 radical (unpaired) electrons. The first-order valence-corrected chi connectivity index (χ1v) is 12.6. The Labute approximate surface area is 220 Å². The summed E-state index contributed by atoms with van der Waals surface area (Å²) >= 11 is 1.26. The molecule has 9 nitrogen and oxygen atoms in total. The van der Waals surface area contributed by atoms with Crippen LogP contribution in [0.3, 0.4) is 0 Å². The molecular weight excluding hydrogens is 506 g/mol. The second-order valence-electron chi connectivity index (χ2n) is 8.50. The molecule has 0 saturated heterocycles. The first-order valence-electron chi connectivity index (χ1n) is 11.8. The van der Waals surface area contributed by atoms with Gasteiger partial charge in [0.2, 0.25) is 5.78 Å². The number of thiazole rings is 1. The van der Waals surface area contributed by atoms with Crippen molar-refractivity contribution in [3.63, 3.8) is 0 Å². The number of carbonyl (C=O) groups excluding carboxylic acids is 2. The Balaban J connectivity index is 1.47. The zero-order valence-electron chi connectivity index (χ0n) is 20.4. The number of nitrogens with zero attached hydrogens (tertiary/aromatic N) is 3. The highest BCUT2D eigenvalue weighted by atomic mass is 32.1. The number of aromatic nitrogens is 2. The van der Waals surface area contributed by atoms with Gasteiger partial charge >= 0.3 is 0 Å². The standard InChI is InChI=1S/C28H21N3O6S/c1-3-36-17-9-10-18-21(13-17)38-28(30-18)31-23(16-7-5-11-29-14-16)22(25(33)27(31)34)24(32)20-12-15-6-4-8-19(35-2)26(15)37-20/h4-14,23,33H,3H2,1-2H3. The maximum absolute atomic E-state index is 13.8. The van der Waals surface area contributed by atoms with E-state index in [1.807, 2.05) is 13.0 Å². The smallest absolute Gasteiger partial charge is 0.296 e. The largest absolute Gasteiger partial charge is 0.503 e. The molecule has 1 aliphatic rings. The van der Waals surface area contributed by atoms with Gasteiger partial charge in [-0.3, -0.25) is 19.5 Å². The van der Waals surface area contributed by atoms with Gasteiger partial charge in [-0.15, -0.1) is 0 Å². The monoisotopic (exact) mass is 527 g/mol. The van der Waals surface area contributed by atoms with Crippen molar-refractivity contribution in [1.82, 2.24) is 9.97 Å². The number of Topliss-reactive ketones (excluding diaryl/α,β-unsaturated/α-hetero) is 1. The molecule has 0 spiro atoms. The highest BCUT2D eigenvalue weighted by Gasteiger charge is 2.46. The minimum atomic E-state index is -0.967. The number of furan rings is 1. The Hall–Kier alpha value is -4.70. The lowest BCUT2D eigenvalue weighted by molar-refractivity contribution is -0.117. The summed E-state index contributed by atoms with van der Waals surface area (Å²) in [6.07, 6.45) is 3.15. The molecule has 1 unspecified atom stereocenters. The summed E-state index contributed by atoms with van der Waals surface area (Å²) in [5.41, 5.74) is 1.48. The van der Waals surface area contributed by atoms with E-state index in [-0.39, 0.29) is 11.3 Å². The van der Waals surface area contributed by atoms with Crippen molar-refractivity contribution in [2.45, 2.75) is 13.0 Å². The average molecular weight is 528 g/mol. The van der Waals surface area contributed by atoms with Gasteiger partial charge in [-0.2, -0.15) is 0 Å². The van der Waals surface area contributed by atoms with Crippen LogP contribution >= 0.6 is 11.3 Å². The SMILES string of the molecule is CCOc1ccc2nc(N3C(=O)C(O)=C(C(=O)c4cc5cccc(OC)c5o4)C3c3cccnc3)sc2c1. The predicted molar refractivity (Wildman–Crippen MR) is 142 cm³/mol. The fourth-order valence-electron chi connectivity index (χ4n) is 4.58. The zero-order chi connectivity index (χ0) is 26.4. The molecule has 6 rings (SSSR count). The van der Waals surface area contributed by atoms with Crippen LogP contribution in [0, 0.1) is 0 Å². The lowest BCUT2D eigenvalue weighted by atomic mass is 9.96. The zero-order valence-corrected chi connectivity index (χ0v) is 21.2. The lowest BCUT2D eigenvalue weighted by Gasteiger charge is -2.23. The minimum absolute atomic E-state index is 0.0275. The van der Waals surface area contributed by atoms with Crippen LogP contribution in [-0.2, 0) is 4.79 Å². The summed E-state index contributed by atoms with van der Waals surface area (Å²) in [5.74, 6) is -0.895. The van der Waals surface area contributed by atoms with Gasteiger partial charge in [0.25, 0.3) is 5.91 Å². The van der Waals surface area contributed by atoms with E-state index < -0.39 is 23.5 Å². The number of fused-ring (bicyclic) bond motifs is 2. The van der Waals surface area contributed by atoms with Crippen LogP contribution in [0.2, 0.25) is 0 Å². The van der Waals surface area contributed by atoms with Crippen molar-refractivity contribution >= 4 is 49.3 Å². The maximum atomic E-state index is 13.8. The molecule has 4 heterocycles. The van der Waals surface area contributed by atoms with E-state index in [2.05, 4.69) is 9.97 Å². The molecule has 0 aliphatic carbocycles. The van der Waals surface area contributed by atoms with Crippen molar-refractivity contribution in [1.29, 1.82) is 0 Å². The van der Waals surface area contributed by atoms with Crippen molar-refractivity contribution in [2.75, 3.05) is 18.6 Å². The van der Waals surface area contributed by atoms with E-state index in [9.17, 15) is 14.7 Å². The minimum Gasteiger partial charge on any atom is -0.503 e. The van der Waals surface area contributed by atoms with E-state index in [4.69, 9.17) is 13.9 Å². The molecule has 190 valence electrons. The highest BCUT2D eigenvalue weighted by molar-refractivity contribution is 7.22. The van der Waals surface area contributed by atoms with E-state index in [1.165, 1.54) is 23.3 Å². The molecule has 0 fully saturated rings. The number of ether oxygens (including phenoxy) is 2. The van der Waals surface area contributed by atoms with Crippen LogP contribution in [0.25, 0.3) is 21.2 Å². The fourth-order valence-corrected chi connectivity index (χ4v) is 5.60. The second kappa shape index (κ2) is 9.31. The Morgan fingerprint density at radius 1 is 1.18 bits per heavy atom. The van der Waals surface area contributed by atoms with Crippen LogP contribution in [0.5, 0.6) is 11.5 Å². The Morgan fingerprint density at radius 3 is 2.82 bits per heavy atom. The highest BCUT2D eigenvalue weighted by Crippen LogP contribution is 2.45. The van der Waals surface area contributed by atoms with E-state index in [0.29, 0.717) is 45.3 Å². The van der Waals surface area contributed by atoms with Gasteiger partial charge in [-0.05, 0) is 48.9 Å². The quantitative estimate of drug-likeness (QED) is 0.271. The number of pyridine rings is 1.